The SMILES string of the molecule is Cc1ccc(-c2cc(C(=O)Nc3cnn(C)c3C(=O)N3CCCCC3)[nH]n2)cc1. The van der Waals surface area contributed by atoms with E-state index < -0.39 is 0 Å². The molecule has 0 radical (unpaired) electrons. The van der Waals surface area contributed by atoms with Crippen molar-refractivity contribution in [2.45, 2.75) is 26.2 Å². The zero-order valence-corrected chi connectivity index (χ0v) is 16.6. The molecule has 1 fully saturated rings. The number of aromatic amines is 1. The lowest BCUT2D eigenvalue weighted by Gasteiger charge is -2.27. The monoisotopic (exact) mass is 392 g/mol. The normalized spacial score (nSPS) is 14.1. The topological polar surface area (TPSA) is 95.9 Å². The van der Waals surface area contributed by atoms with Gasteiger partial charge >= 0.3 is 0 Å². The van der Waals surface area contributed by atoms with Crippen LogP contribution in [0, 0.1) is 6.92 Å². The summed E-state index contributed by atoms with van der Waals surface area (Å²) in [5, 5.41) is 14.0. The van der Waals surface area contributed by atoms with Crippen molar-refractivity contribution in [2.24, 2.45) is 7.05 Å². The summed E-state index contributed by atoms with van der Waals surface area (Å²) in [4.78, 5) is 27.5. The Kier molecular flexibility index (Phi) is 5.16. The van der Waals surface area contributed by atoms with Crippen LogP contribution in [0.15, 0.2) is 36.5 Å². The average Bonchev–Trinajstić information content (AvgIpc) is 3.36. The number of nitrogens with one attached hydrogen (secondary N) is 2. The van der Waals surface area contributed by atoms with Gasteiger partial charge in [-0.2, -0.15) is 10.2 Å². The summed E-state index contributed by atoms with van der Waals surface area (Å²) in [5.74, 6) is -0.471. The van der Waals surface area contributed by atoms with Gasteiger partial charge in [0.2, 0.25) is 0 Å². The highest BCUT2D eigenvalue weighted by Crippen LogP contribution is 2.22. The number of piperidine rings is 1. The summed E-state index contributed by atoms with van der Waals surface area (Å²) < 4.78 is 1.51. The fourth-order valence-electron chi connectivity index (χ4n) is 3.53. The Hall–Kier alpha value is -3.42. The van der Waals surface area contributed by atoms with Gasteiger partial charge in [0.15, 0.2) is 0 Å². The van der Waals surface area contributed by atoms with Gasteiger partial charge in [-0.15, -0.1) is 0 Å². The molecule has 2 amide bonds. The number of carbonyl (C=O) groups is 2. The molecule has 8 nitrogen and oxygen atoms in total. The Bertz CT molecular complexity index is 1030. The smallest absolute Gasteiger partial charge is 0.274 e. The molecular formula is C21H24N6O2. The van der Waals surface area contributed by atoms with Crippen LogP contribution in [0.2, 0.25) is 0 Å². The number of nitrogens with zero attached hydrogens (tertiary/aromatic N) is 4. The van der Waals surface area contributed by atoms with E-state index in [4.69, 9.17) is 0 Å². The molecule has 8 heteroatoms. The van der Waals surface area contributed by atoms with Crippen molar-refractivity contribution >= 4 is 17.5 Å². The van der Waals surface area contributed by atoms with E-state index in [2.05, 4.69) is 20.6 Å². The van der Waals surface area contributed by atoms with Gasteiger partial charge in [0.05, 0.1) is 17.6 Å². The van der Waals surface area contributed by atoms with Crippen LogP contribution in [0.1, 0.15) is 45.8 Å². The molecule has 0 saturated carbocycles. The van der Waals surface area contributed by atoms with Crippen molar-refractivity contribution in [3.05, 3.63) is 53.5 Å². The standard InChI is InChI=1S/C21H24N6O2/c1-14-6-8-15(9-7-14)16-12-17(25-24-16)20(28)23-18-13-22-26(2)19(18)21(29)27-10-4-3-5-11-27/h6-9,12-13H,3-5,10-11H2,1-2H3,(H,23,28)(H,24,25). The summed E-state index contributed by atoms with van der Waals surface area (Å²) in [6.45, 7) is 3.49. The number of benzene rings is 1. The number of likely N-dealkylation sites (tertiary alicyclic amines) is 1. The van der Waals surface area contributed by atoms with E-state index in [1.54, 1.807) is 13.1 Å². The number of H-pyrrole nitrogens is 1. The number of amides is 2. The van der Waals surface area contributed by atoms with E-state index >= 15 is 0 Å². The second-order valence-electron chi connectivity index (χ2n) is 7.37. The quantitative estimate of drug-likeness (QED) is 0.713. The molecule has 0 aliphatic carbocycles. The molecule has 4 rings (SSSR count). The maximum atomic E-state index is 12.9. The molecular weight excluding hydrogens is 368 g/mol. The first kappa shape index (κ1) is 18.9. The Labute approximate surface area is 168 Å². The van der Waals surface area contributed by atoms with E-state index in [-0.39, 0.29) is 11.8 Å². The Balaban J connectivity index is 1.52. The molecule has 0 bridgehead atoms. The van der Waals surface area contributed by atoms with Gasteiger partial charge in [0.1, 0.15) is 11.4 Å². The van der Waals surface area contributed by atoms with Crippen LogP contribution in [0.4, 0.5) is 5.69 Å². The van der Waals surface area contributed by atoms with E-state index in [1.807, 2.05) is 36.1 Å². The van der Waals surface area contributed by atoms with Crippen LogP contribution in [0.3, 0.4) is 0 Å². The van der Waals surface area contributed by atoms with Crippen molar-refractivity contribution in [3.8, 4) is 11.3 Å². The van der Waals surface area contributed by atoms with E-state index in [0.29, 0.717) is 22.8 Å². The van der Waals surface area contributed by atoms with Crippen molar-refractivity contribution in [3.63, 3.8) is 0 Å². The molecule has 0 unspecified atom stereocenters. The van der Waals surface area contributed by atoms with Crippen LogP contribution in [0.25, 0.3) is 11.3 Å². The van der Waals surface area contributed by atoms with Crippen LogP contribution in [-0.4, -0.2) is 49.8 Å². The highest BCUT2D eigenvalue weighted by atomic mass is 16.2. The van der Waals surface area contributed by atoms with Crippen LogP contribution >= 0.6 is 0 Å². The minimum absolute atomic E-state index is 0.107. The predicted octanol–water partition coefficient (Wildman–Crippen LogP) is 3.00. The lowest BCUT2D eigenvalue weighted by atomic mass is 10.1. The molecule has 3 aromatic rings. The molecule has 1 aliphatic rings. The van der Waals surface area contributed by atoms with Crippen molar-refractivity contribution in [1.29, 1.82) is 0 Å². The molecule has 2 aromatic heterocycles. The lowest BCUT2D eigenvalue weighted by Crippen LogP contribution is -2.37. The van der Waals surface area contributed by atoms with Gasteiger partial charge < -0.3 is 10.2 Å². The first-order chi connectivity index (χ1) is 14.0. The molecule has 0 atom stereocenters. The number of hydrogen-bond donors (Lipinski definition) is 2. The van der Waals surface area contributed by atoms with Crippen LogP contribution < -0.4 is 5.32 Å². The summed E-state index contributed by atoms with van der Waals surface area (Å²) in [6, 6.07) is 9.62. The average molecular weight is 392 g/mol. The predicted molar refractivity (Wildman–Crippen MR) is 110 cm³/mol. The molecule has 1 saturated heterocycles. The molecule has 0 spiro atoms. The van der Waals surface area contributed by atoms with Crippen molar-refractivity contribution in [2.75, 3.05) is 18.4 Å². The van der Waals surface area contributed by atoms with Crippen LogP contribution in [0.5, 0.6) is 0 Å². The van der Waals surface area contributed by atoms with Gasteiger partial charge in [-0.1, -0.05) is 29.8 Å². The number of aryl methyl sites for hydroxylation is 2. The van der Waals surface area contributed by atoms with Crippen molar-refractivity contribution in [1.82, 2.24) is 24.9 Å². The van der Waals surface area contributed by atoms with E-state index in [1.165, 1.54) is 10.9 Å². The highest BCUT2D eigenvalue weighted by molar-refractivity contribution is 6.07. The van der Waals surface area contributed by atoms with Gasteiger partial charge in [-0.3, -0.25) is 19.4 Å². The zero-order chi connectivity index (χ0) is 20.4. The lowest BCUT2D eigenvalue weighted by molar-refractivity contribution is 0.0714. The number of carbonyl (C=O) groups excluding carboxylic acids is 2. The second kappa shape index (κ2) is 7.90. The maximum absolute atomic E-state index is 12.9. The van der Waals surface area contributed by atoms with Gasteiger partial charge in [0.25, 0.3) is 11.8 Å². The fourth-order valence-corrected chi connectivity index (χ4v) is 3.53. The second-order valence-corrected chi connectivity index (χ2v) is 7.37. The first-order valence-corrected chi connectivity index (χ1v) is 9.78. The molecule has 29 heavy (non-hydrogen) atoms. The summed E-state index contributed by atoms with van der Waals surface area (Å²) >= 11 is 0. The minimum Gasteiger partial charge on any atom is -0.337 e. The minimum atomic E-state index is -0.364. The Morgan fingerprint density at radius 3 is 2.55 bits per heavy atom. The first-order valence-electron chi connectivity index (χ1n) is 9.78. The number of aromatic nitrogens is 4. The third-order valence-corrected chi connectivity index (χ3v) is 5.20. The number of rotatable bonds is 4. The third-order valence-electron chi connectivity index (χ3n) is 5.20. The largest absolute Gasteiger partial charge is 0.337 e. The number of hydrogen-bond acceptors (Lipinski definition) is 4. The highest BCUT2D eigenvalue weighted by Gasteiger charge is 2.25. The zero-order valence-electron chi connectivity index (χ0n) is 16.6. The third kappa shape index (κ3) is 3.91. The molecule has 3 heterocycles. The molecule has 1 aromatic carbocycles. The Morgan fingerprint density at radius 2 is 1.83 bits per heavy atom. The van der Waals surface area contributed by atoms with Crippen molar-refractivity contribution < 1.29 is 9.59 Å². The number of anilines is 1. The van der Waals surface area contributed by atoms with Crippen LogP contribution in [-0.2, 0) is 7.05 Å². The maximum Gasteiger partial charge on any atom is 0.274 e. The summed E-state index contributed by atoms with van der Waals surface area (Å²) in [6.07, 6.45) is 4.65. The van der Waals surface area contributed by atoms with E-state index in [9.17, 15) is 9.59 Å². The summed E-state index contributed by atoms with van der Waals surface area (Å²) in [5.41, 5.74) is 3.88. The molecule has 150 valence electrons. The van der Waals surface area contributed by atoms with Gasteiger partial charge in [-0.25, -0.2) is 0 Å². The molecule has 2 N–H and O–H groups in total. The van der Waals surface area contributed by atoms with E-state index in [0.717, 1.165) is 43.5 Å². The summed E-state index contributed by atoms with van der Waals surface area (Å²) in [7, 11) is 1.71. The van der Waals surface area contributed by atoms with Gasteiger partial charge in [-0.05, 0) is 32.3 Å². The fraction of sp³-hybridized carbons (Fsp3) is 0.333. The van der Waals surface area contributed by atoms with Gasteiger partial charge in [0, 0.05) is 25.7 Å². The molecule has 1 aliphatic heterocycles. The Morgan fingerprint density at radius 1 is 1.10 bits per heavy atom.